The molecule has 2 aliphatic rings. The highest BCUT2D eigenvalue weighted by Crippen LogP contribution is 2.27. The monoisotopic (exact) mass is 330 g/mol. The number of aryl methyl sites for hydroxylation is 1. The molecular weight excluding hydrogens is 304 g/mol. The lowest BCUT2D eigenvalue weighted by Crippen LogP contribution is -2.44. The zero-order valence-corrected chi connectivity index (χ0v) is 14.7. The highest BCUT2D eigenvalue weighted by atomic mass is 35.5. The summed E-state index contributed by atoms with van der Waals surface area (Å²) in [6.45, 7) is 10.6. The smallest absolute Gasteiger partial charge is 0.183 e. The van der Waals surface area contributed by atoms with Crippen molar-refractivity contribution >= 4 is 28.9 Å². The number of likely N-dealkylation sites (tertiary alicyclic amines) is 1. The van der Waals surface area contributed by atoms with Crippen LogP contribution in [0.5, 0.6) is 0 Å². The molecule has 3 heterocycles. The quantitative estimate of drug-likeness (QED) is 0.890. The van der Waals surface area contributed by atoms with E-state index in [-0.39, 0.29) is 12.4 Å². The number of rotatable bonds is 4. The molecule has 4 nitrogen and oxygen atoms in total. The lowest BCUT2D eigenvalue weighted by molar-refractivity contribution is 0.148. The molecule has 0 bridgehead atoms. The average molecular weight is 331 g/mol. The van der Waals surface area contributed by atoms with E-state index >= 15 is 0 Å². The van der Waals surface area contributed by atoms with E-state index in [9.17, 15) is 0 Å². The molecular formula is C15H27ClN4S. The molecule has 2 N–H and O–H groups in total. The van der Waals surface area contributed by atoms with Gasteiger partial charge >= 0.3 is 0 Å². The molecule has 0 aromatic carbocycles. The van der Waals surface area contributed by atoms with Gasteiger partial charge in [-0.15, -0.1) is 23.7 Å². The van der Waals surface area contributed by atoms with E-state index in [1.165, 1.54) is 52.0 Å². The topological polar surface area (TPSA) is 40.2 Å². The van der Waals surface area contributed by atoms with E-state index in [0.717, 1.165) is 10.8 Å². The Labute approximate surface area is 138 Å². The molecule has 1 atom stereocenters. The van der Waals surface area contributed by atoms with Crippen molar-refractivity contribution in [2.24, 2.45) is 5.41 Å². The molecule has 0 radical (unpaired) electrons. The molecule has 21 heavy (non-hydrogen) atoms. The Morgan fingerprint density at radius 2 is 2.24 bits per heavy atom. The van der Waals surface area contributed by atoms with E-state index in [2.05, 4.69) is 39.7 Å². The second-order valence-electron chi connectivity index (χ2n) is 6.73. The van der Waals surface area contributed by atoms with Crippen molar-refractivity contribution in [1.82, 2.24) is 15.2 Å². The Balaban J connectivity index is 0.00000161. The summed E-state index contributed by atoms with van der Waals surface area (Å²) in [6.07, 6.45) is 3.80. The Bertz CT molecular complexity index is 437. The van der Waals surface area contributed by atoms with Crippen LogP contribution in [0.25, 0.3) is 0 Å². The molecule has 2 aliphatic heterocycles. The van der Waals surface area contributed by atoms with Gasteiger partial charge in [0.25, 0.3) is 0 Å². The van der Waals surface area contributed by atoms with Crippen LogP contribution in [0.4, 0.5) is 5.13 Å². The minimum atomic E-state index is 0. The number of nitrogens with one attached hydrogen (secondary N) is 2. The number of hydrogen-bond donors (Lipinski definition) is 2. The summed E-state index contributed by atoms with van der Waals surface area (Å²) in [4.78, 5) is 7.15. The largest absolute Gasteiger partial charge is 0.359 e. The number of nitrogens with zero attached hydrogens (tertiary/aromatic N) is 2. The van der Waals surface area contributed by atoms with Crippen LogP contribution in [-0.4, -0.2) is 48.6 Å². The highest BCUT2D eigenvalue weighted by molar-refractivity contribution is 7.13. The van der Waals surface area contributed by atoms with Crippen LogP contribution in [0.15, 0.2) is 5.38 Å². The number of hydrogen-bond acceptors (Lipinski definition) is 5. The minimum absolute atomic E-state index is 0. The number of thiazole rings is 1. The van der Waals surface area contributed by atoms with Crippen molar-refractivity contribution in [1.29, 1.82) is 0 Å². The maximum atomic E-state index is 4.50. The molecule has 120 valence electrons. The number of piperidine rings is 1. The van der Waals surface area contributed by atoms with Gasteiger partial charge in [0.1, 0.15) is 0 Å². The van der Waals surface area contributed by atoms with Gasteiger partial charge in [-0.3, -0.25) is 0 Å². The van der Waals surface area contributed by atoms with Crippen LogP contribution in [0.3, 0.4) is 0 Å². The maximum absolute atomic E-state index is 4.50. The fourth-order valence-electron chi connectivity index (χ4n) is 3.37. The van der Waals surface area contributed by atoms with Crippen LogP contribution in [0.2, 0.25) is 0 Å². The fourth-order valence-corrected chi connectivity index (χ4v) is 4.14. The first kappa shape index (κ1) is 17.0. The van der Waals surface area contributed by atoms with Gasteiger partial charge < -0.3 is 15.5 Å². The van der Waals surface area contributed by atoms with E-state index in [1.54, 1.807) is 11.3 Å². The van der Waals surface area contributed by atoms with Gasteiger partial charge in [-0.25, -0.2) is 4.98 Å². The Morgan fingerprint density at radius 3 is 2.81 bits per heavy atom. The third-order valence-corrected chi connectivity index (χ3v) is 5.49. The molecule has 0 spiro atoms. The van der Waals surface area contributed by atoms with E-state index in [4.69, 9.17) is 0 Å². The second kappa shape index (κ2) is 7.27. The van der Waals surface area contributed by atoms with Crippen LogP contribution < -0.4 is 10.6 Å². The molecule has 0 saturated carbocycles. The van der Waals surface area contributed by atoms with Crippen molar-refractivity contribution in [2.45, 2.75) is 39.2 Å². The van der Waals surface area contributed by atoms with E-state index < -0.39 is 0 Å². The van der Waals surface area contributed by atoms with Crippen LogP contribution >= 0.6 is 23.7 Å². The summed E-state index contributed by atoms with van der Waals surface area (Å²) < 4.78 is 0. The first-order chi connectivity index (χ1) is 9.63. The summed E-state index contributed by atoms with van der Waals surface area (Å²) in [5.41, 5.74) is 1.61. The number of halogens is 1. The molecule has 3 rings (SSSR count). The summed E-state index contributed by atoms with van der Waals surface area (Å²) in [6, 6.07) is 0.603. The van der Waals surface area contributed by atoms with Gasteiger partial charge in [0.15, 0.2) is 5.13 Å². The molecule has 1 aromatic rings. The fraction of sp³-hybridized carbons (Fsp3) is 0.800. The van der Waals surface area contributed by atoms with Crippen molar-refractivity contribution in [3.05, 3.63) is 11.1 Å². The van der Waals surface area contributed by atoms with Gasteiger partial charge in [-0.05, 0) is 38.1 Å². The van der Waals surface area contributed by atoms with Crippen LogP contribution in [0, 0.1) is 12.3 Å². The zero-order valence-electron chi connectivity index (χ0n) is 13.0. The Morgan fingerprint density at radius 1 is 1.48 bits per heavy atom. The van der Waals surface area contributed by atoms with Crippen LogP contribution in [-0.2, 0) is 0 Å². The predicted octanol–water partition coefficient (Wildman–Crippen LogP) is 2.75. The number of anilines is 1. The predicted molar refractivity (Wildman–Crippen MR) is 92.8 cm³/mol. The van der Waals surface area contributed by atoms with Crippen molar-refractivity contribution in [3.8, 4) is 0 Å². The lowest BCUT2D eigenvalue weighted by Gasteiger charge is -2.37. The van der Waals surface area contributed by atoms with Gasteiger partial charge in [0, 0.05) is 37.6 Å². The SMILES string of the molecule is Cc1csc(NC2CCN(CC3(C)CCNC3)CC2)n1.Cl. The van der Waals surface area contributed by atoms with Gasteiger partial charge in [0.05, 0.1) is 5.69 Å². The van der Waals surface area contributed by atoms with Crippen LogP contribution in [0.1, 0.15) is 31.9 Å². The number of aromatic nitrogens is 1. The molecule has 2 fully saturated rings. The standard InChI is InChI=1S/C15H26N4S.ClH/c1-12-9-20-14(17-12)18-13-3-7-19(8-4-13)11-15(2)5-6-16-10-15;/h9,13,16H,3-8,10-11H2,1-2H3,(H,17,18);1H. The van der Waals surface area contributed by atoms with Gasteiger partial charge in [0.2, 0.25) is 0 Å². The van der Waals surface area contributed by atoms with Gasteiger partial charge in [-0.2, -0.15) is 0 Å². The maximum Gasteiger partial charge on any atom is 0.183 e. The molecule has 6 heteroatoms. The molecule has 1 unspecified atom stereocenters. The Kier molecular flexibility index (Phi) is 5.88. The first-order valence-corrected chi connectivity index (χ1v) is 8.63. The molecule has 0 amide bonds. The Hall–Kier alpha value is -0.360. The molecule has 1 aromatic heterocycles. The molecule has 2 saturated heterocycles. The summed E-state index contributed by atoms with van der Waals surface area (Å²) in [7, 11) is 0. The van der Waals surface area contributed by atoms with E-state index in [1.807, 2.05) is 0 Å². The van der Waals surface area contributed by atoms with Crippen molar-refractivity contribution in [2.75, 3.05) is 38.0 Å². The minimum Gasteiger partial charge on any atom is -0.359 e. The van der Waals surface area contributed by atoms with Crippen molar-refractivity contribution < 1.29 is 0 Å². The normalized spacial score (nSPS) is 27.5. The van der Waals surface area contributed by atoms with E-state index in [0.29, 0.717) is 11.5 Å². The average Bonchev–Trinajstić information content (AvgIpc) is 3.01. The van der Waals surface area contributed by atoms with Crippen molar-refractivity contribution in [3.63, 3.8) is 0 Å². The second-order valence-corrected chi connectivity index (χ2v) is 7.58. The highest BCUT2D eigenvalue weighted by Gasteiger charge is 2.32. The third kappa shape index (κ3) is 4.55. The summed E-state index contributed by atoms with van der Waals surface area (Å²) in [5, 5.41) is 10.3. The first-order valence-electron chi connectivity index (χ1n) is 7.75. The lowest BCUT2D eigenvalue weighted by atomic mass is 9.88. The third-order valence-electron chi connectivity index (χ3n) is 4.60. The zero-order chi connectivity index (χ0) is 14.0. The summed E-state index contributed by atoms with van der Waals surface area (Å²) >= 11 is 1.73. The summed E-state index contributed by atoms with van der Waals surface area (Å²) in [5.74, 6) is 0. The molecule has 0 aliphatic carbocycles. The van der Waals surface area contributed by atoms with Gasteiger partial charge in [-0.1, -0.05) is 6.92 Å².